The standard InChI is InChI=1S/C13H25N3O3S/c1-11-4-2-3-7-16(11)20(18,19)15-8-5-12(6-9-15)10-13(14)17/h11-12H,2-10H2,1H3,(H2,14,17)/t11-/m0/s1. The molecule has 20 heavy (non-hydrogen) atoms. The Morgan fingerprint density at radius 2 is 1.80 bits per heavy atom. The molecule has 116 valence electrons. The largest absolute Gasteiger partial charge is 0.370 e. The monoisotopic (exact) mass is 303 g/mol. The molecule has 2 aliphatic heterocycles. The molecule has 0 saturated carbocycles. The van der Waals surface area contributed by atoms with Crippen LogP contribution in [-0.4, -0.2) is 48.6 Å². The van der Waals surface area contributed by atoms with Gasteiger partial charge in [0.15, 0.2) is 0 Å². The maximum absolute atomic E-state index is 12.6. The van der Waals surface area contributed by atoms with Gasteiger partial charge in [-0.25, -0.2) is 0 Å². The fraction of sp³-hybridized carbons (Fsp3) is 0.923. The molecule has 2 N–H and O–H groups in total. The second kappa shape index (κ2) is 6.41. The predicted molar refractivity (Wildman–Crippen MR) is 77.0 cm³/mol. The molecule has 2 fully saturated rings. The number of hydrogen-bond donors (Lipinski definition) is 1. The molecule has 2 aliphatic rings. The quantitative estimate of drug-likeness (QED) is 0.829. The lowest BCUT2D eigenvalue weighted by Crippen LogP contribution is -2.51. The van der Waals surface area contributed by atoms with Crippen molar-refractivity contribution in [2.75, 3.05) is 19.6 Å². The van der Waals surface area contributed by atoms with Gasteiger partial charge in [0.25, 0.3) is 10.2 Å². The van der Waals surface area contributed by atoms with Gasteiger partial charge in [-0.2, -0.15) is 17.0 Å². The number of carbonyl (C=O) groups excluding carboxylic acids is 1. The van der Waals surface area contributed by atoms with Gasteiger partial charge in [0, 0.05) is 32.1 Å². The van der Waals surface area contributed by atoms with E-state index in [0.29, 0.717) is 26.1 Å². The van der Waals surface area contributed by atoms with Crippen LogP contribution < -0.4 is 5.73 Å². The van der Waals surface area contributed by atoms with Crippen LogP contribution in [0.15, 0.2) is 0 Å². The number of carbonyl (C=O) groups is 1. The lowest BCUT2D eigenvalue weighted by molar-refractivity contribution is -0.119. The predicted octanol–water partition coefficient (Wildman–Crippen LogP) is 0.693. The average Bonchev–Trinajstić information content (AvgIpc) is 2.39. The van der Waals surface area contributed by atoms with Crippen molar-refractivity contribution in [3.8, 4) is 0 Å². The molecule has 1 amide bonds. The summed E-state index contributed by atoms with van der Waals surface area (Å²) in [6.45, 7) is 3.62. The second-order valence-electron chi connectivity index (χ2n) is 5.98. The Morgan fingerprint density at radius 3 is 2.35 bits per heavy atom. The second-order valence-corrected chi connectivity index (χ2v) is 7.86. The molecule has 0 aromatic rings. The lowest BCUT2D eigenvalue weighted by Gasteiger charge is -2.38. The summed E-state index contributed by atoms with van der Waals surface area (Å²) < 4.78 is 28.5. The summed E-state index contributed by atoms with van der Waals surface area (Å²) in [7, 11) is -3.34. The lowest BCUT2D eigenvalue weighted by atomic mass is 9.94. The van der Waals surface area contributed by atoms with Crippen LogP contribution in [0.5, 0.6) is 0 Å². The molecule has 0 aliphatic carbocycles. The average molecular weight is 303 g/mol. The van der Waals surface area contributed by atoms with Gasteiger partial charge in [0.05, 0.1) is 0 Å². The number of primary amides is 1. The summed E-state index contributed by atoms with van der Waals surface area (Å²) in [5, 5.41) is 0. The normalized spacial score (nSPS) is 27.6. The first kappa shape index (κ1) is 15.7. The van der Waals surface area contributed by atoms with Crippen LogP contribution in [0.1, 0.15) is 45.4 Å². The van der Waals surface area contributed by atoms with Gasteiger partial charge >= 0.3 is 0 Å². The number of rotatable bonds is 4. The molecule has 0 bridgehead atoms. The number of nitrogens with zero attached hydrogens (tertiary/aromatic N) is 2. The van der Waals surface area contributed by atoms with E-state index in [9.17, 15) is 13.2 Å². The maximum Gasteiger partial charge on any atom is 0.282 e. The van der Waals surface area contributed by atoms with Crippen molar-refractivity contribution in [2.24, 2.45) is 11.7 Å². The van der Waals surface area contributed by atoms with Gasteiger partial charge in [0.1, 0.15) is 0 Å². The van der Waals surface area contributed by atoms with Gasteiger partial charge < -0.3 is 5.73 Å². The van der Waals surface area contributed by atoms with E-state index in [4.69, 9.17) is 5.73 Å². The van der Waals surface area contributed by atoms with E-state index >= 15 is 0 Å². The Bertz CT molecular complexity index is 444. The van der Waals surface area contributed by atoms with E-state index in [1.807, 2.05) is 6.92 Å². The number of piperidine rings is 2. The zero-order valence-corrected chi connectivity index (χ0v) is 12.9. The highest BCUT2D eigenvalue weighted by Gasteiger charge is 2.36. The smallest absolute Gasteiger partial charge is 0.282 e. The third-order valence-corrected chi connectivity index (χ3v) is 6.58. The van der Waals surface area contributed by atoms with Crippen LogP contribution in [0.4, 0.5) is 0 Å². The zero-order chi connectivity index (χ0) is 14.8. The van der Waals surface area contributed by atoms with E-state index in [-0.39, 0.29) is 17.9 Å². The Kier molecular flexibility index (Phi) is 5.04. The van der Waals surface area contributed by atoms with E-state index in [1.54, 1.807) is 8.61 Å². The summed E-state index contributed by atoms with van der Waals surface area (Å²) in [6.07, 6.45) is 4.82. The summed E-state index contributed by atoms with van der Waals surface area (Å²) >= 11 is 0. The minimum atomic E-state index is -3.34. The van der Waals surface area contributed by atoms with Gasteiger partial charge in [-0.1, -0.05) is 6.42 Å². The zero-order valence-electron chi connectivity index (χ0n) is 12.1. The van der Waals surface area contributed by atoms with E-state index in [1.165, 1.54) is 0 Å². The maximum atomic E-state index is 12.6. The summed E-state index contributed by atoms with van der Waals surface area (Å²) in [4.78, 5) is 10.9. The molecular formula is C13H25N3O3S. The first-order valence-electron chi connectivity index (χ1n) is 7.46. The summed E-state index contributed by atoms with van der Waals surface area (Å²) in [5.41, 5.74) is 5.20. The van der Waals surface area contributed by atoms with Gasteiger partial charge in [0.2, 0.25) is 5.91 Å². The van der Waals surface area contributed by atoms with E-state index in [0.717, 1.165) is 32.1 Å². The van der Waals surface area contributed by atoms with Crippen LogP contribution in [0.25, 0.3) is 0 Å². The summed E-state index contributed by atoms with van der Waals surface area (Å²) in [6, 6.07) is 0.0945. The van der Waals surface area contributed by atoms with Gasteiger partial charge in [-0.15, -0.1) is 0 Å². The third kappa shape index (κ3) is 3.51. The molecule has 7 heteroatoms. The van der Waals surface area contributed by atoms with Crippen LogP contribution in [0.3, 0.4) is 0 Å². The van der Waals surface area contributed by atoms with Crippen molar-refractivity contribution in [3.63, 3.8) is 0 Å². The highest BCUT2D eigenvalue weighted by molar-refractivity contribution is 7.86. The van der Waals surface area contributed by atoms with Crippen LogP contribution in [0.2, 0.25) is 0 Å². The first-order chi connectivity index (χ1) is 9.41. The molecule has 0 spiro atoms. The molecule has 0 radical (unpaired) electrons. The third-order valence-electron chi connectivity index (χ3n) is 4.43. The topological polar surface area (TPSA) is 83.7 Å². The summed E-state index contributed by atoms with van der Waals surface area (Å²) in [5.74, 6) is -0.0614. The number of amides is 1. The van der Waals surface area contributed by atoms with E-state index < -0.39 is 10.2 Å². The fourth-order valence-electron chi connectivity index (χ4n) is 3.19. The molecule has 1 atom stereocenters. The Morgan fingerprint density at radius 1 is 1.15 bits per heavy atom. The molecule has 2 rings (SSSR count). The molecule has 2 heterocycles. The molecule has 6 nitrogen and oxygen atoms in total. The molecule has 0 unspecified atom stereocenters. The molecule has 0 aromatic heterocycles. The minimum Gasteiger partial charge on any atom is -0.370 e. The van der Waals surface area contributed by atoms with Crippen molar-refractivity contribution in [1.82, 2.24) is 8.61 Å². The van der Waals surface area contributed by atoms with Gasteiger partial charge in [-0.05, 0) is 38.5 Å². The van der Waals surface area contributed by atoms with Crippen molar-refractivity contribution in [3.05, 3.63) is 0 Å². The van der Waals surface area contributed by atoms with Crippen molar-refractivity contribution in [2.45, 2.75) is 51.5 Å². The first-order valence-corrected chi connectivity index (χ1v) is 8.86. The van der Waals surface area contributed by atoms with E-state index in [2.05, 4.69) is 0 Å². The number of hydrogen-bond acceptors (Lipinski definition) is 3. The minimum absolute atomic E-state index is 0.0945. The highest BCUT2D eigenvalue weighted by Crippen LogP contribution is 2.27. The molecule has 2 saturated heterocycles. The number of nitrogens with two attached hydrogens (primary N) is 1. The Hall–Kier alpha value is -0.660. The highest BCUT2D eigenvalue weighted by atomic mass is 32.2. The molecule has 0 aromatic carbocycles. The SMILES string of the molecule is C[C@H]1CCCCN1S(=O)(=O)N1CCC(CC(N)=O)CC1. The van der Waals surface area contributed by atoms with Gasteiger partial charge in [-0.3, -0.25) is 4.79 Å². The van der Waals surface area contributed by atoms with Crippen molar-refractivity contribution >= 4 is 16.1 Å². The van der Waals surface area contributed by atoms with Crippen molar-refractivity contribution in [1.29, 1.82) is 0 Å². The fourth-order valence-corrected chi connectivity index (χ4v) is 5.08. The van der Waals surface area contributed by atoms with Crippen LogP contribution in [0, 0.1) is 5.92 Å². The van der Waals surface area contributed by atoms with Crippen LogP contribution >= 0.6 is 0 Å². The Balaban J connectivity index is 1.96. The Labute approximate surface area is 121 Å². The van der Waals surface area contributed by atoms with Crippen molar-refractivity contribution < 1.29 is 13.2 Å². The molecular weight excluding hydrogens is 278 g/mol. The van der Waals surface area contributed by atoms with Crippen LogP contribution in [-0.2, 0) is 15.0 Å².